The molecule has 4 aromatic rings. The Bertz CT molecular complexity index is 1450. The number of ether oxygens (including phenoxy) is 1. The number of hydrogen-bond acceptors (Lipinski definition) is 6. The standard InChI is InChI=1S/C28H30N4O3S/c1-5-17(3)35-28(34)24-20-13-9-10-14-22(20)36-27(24)30-26(33)21-15-16(2)29-25-23(21)18(4)31-32(25)19-11-7-6-8-12-19/h6-8,11-12,15,17H,5,9-10,13-14H2,1-4H3,(H,30,33)/t17-/m0/s1. The number of amides is 1. The predicted molar refractivity (Wildman–Crippen MR) is 142 cm³/mol. The first-order chi connectivity index (χ1) is 17.4. The van der Waals surface area contributed by atoms with Crippen molar-refractivity contribution < 1.29 is 14.3 Å². The van der Waals surface area contributed by atoms with E-state index in [0.717, 1.165) is 48.2 Å². The van der Waals surface area contributed by atoms with Crippen molar-refractivity contribution >= 4 is 39.2 Å². The lowest BCUT2D eigenvalue weighted by atomic mass is 9.95. The van der Waals surface area contributed by atoms with Gasteiger partial charge in [-0.1, -0.05) is 25.1 Å². The molecule has 36 heavy (non-hydrogen) atoms. The molecule has 0 unspecified atom stereocenters. The Labute approximate surface area is 214 Å². The third kappa shape index (κ3) is 4.41. The summed E-state index contributed by atoms with van der Waals surface area (Å²) in [6.45, 7) is 7.62. The highest BCUT2D eigenvalue weighted by Gasteiger charge is 2.29. The maximum atomic E-state index is 13.7. The van der Waals surface area contributed by atoms with E-state index in [1.807, 2.05) is 58.0 Å². The Morgan fingerprint density at radius 1 is 1.17 bits per heavy atom. The quantitative estimate of drug-likeness (QED) is 0.318. The molecule has 0 bridgehead atoms. The number of para-hydroxylation sites is 1. The van der Waals surface area contributed by atoms with Crippen molar-refractivity contribution in [2.75, 3.05) is 5.32 Å². The lowest BCUT2D eigenvalue weighted by Crippen LogP contribution is -2.19. The number of pyridine rings is 1. The minimum Gasteiger partial charge on any atom is -0.459 e. The maximum Gasteiger partial charge on any atom is 0.341 e. The van der Waals surface area contributed by atoms with Crippen molar-refractivity contribution in [1.82, 2.24) is 14.8 Å². The van der Waals surface area contributed by atoms with Crippen LogP contribution in [0, 0.1) is 13.8 Å². The van der Waals surface area contributed by atoms with Crippen LogP contribution in [0.1, 0.15) is 75.7 Å². The molecule has 1 aliphatic rings. The molecule has 7 nitrogen and oxygen atoms in total. The molecule has 0 fully saturated rings. The third-order valence-electron chi connectivity index (χ3n) is 6.67. The van der Waals surface area contributed by atoms with Gasteiger partial charge in [-0.25, -0.2) is 14.5 Å². The Morgan fingerprint density at radius 3 is 2.67 bits per heavy atom. The molecule has 186 valence electrons. The van der Waals surface area contributed by atoms with Gasteiger partial charge in [-0.2, -0.15) is 5.10 Å². The van der Waals surface area contributed by atoms with E-state index in [1.54, 1.807) is 10.7 Å². The number of anilines is 1. The number of fused-ring (bicyclic) bond motifs is 2. The van der Waals surface area contributed by atoms with Gasteiger partial charge in [0.25, 0.3) is 5.91 Å². The zero-order chi connectivity index (χ0) is 25.4. The monoisotopic (exact) mass is 502 g/mol. The highest BCUT2D eigenvalue weighted by atomic mass is 32.1. The smallest absolute Gasteiger partial charge is 0.341 e. The van der Waals surface area contributed by atoms with Gasteiger partial charge in [0.1, 0.15) is 5.00 Å². The molecule has 1 atom stereocenters. The van der Waals surface area contributed by atoms with E-state index >= 15 is 0 Å². The van der Waals surface area contributed by atoms with E-state index in [0.29, 0.717) is 38.5 Å². The first-order valence-corrected chi connectivity index (χ1v) is 13.3. The summed E-state index contributed by atoms with van der Waals surface area (Å²) >= 11 is 1.49. The van der Waals surface area contributed by atoms with Crippen LogP contribution in [0.15, 0.2) is 36.4 Å². The summed E-state index contributed by atoms with van der Waals surface area (Å²) in [4.78, 5) is 32.8. The fraction of sp³-hybridized carbons (Fsp3) is 0.357. The van der Waals surface area contributed by atoms with Gasteiger partial charge >= 0.3 is 5.97 Å². The van der Waals surface area contributed by atoms with Gasteiger partial charge in [0.15, 0.2) is 5.65 Å². The largest absolute Gasteiger partial charge is 0.459 e. The van der Waals surface area contributed by atoms with Crippen LogP contribution in [0.4, 0.5) is 5.00 Å². The molecular formula is C28H30N4O3S. The van der Waals surface area contributed by atoms with Crippen molar-refractivity contribution in [2.45, 2.75) is 65.9 Å². The van der Waals surface area contributed by atoms with Crippen LogP contribution in [0.25, 0.3) is 16.7 Å². The average molecular weight is 503 g/mol. The van der Waals surface area contributed by atoms with Gasteiger partial charge in [0.05, 0.1) is 34.0 Å². The molecule has 0 spiro atoms. The van der Waals surface area contributed by atoms with Gasteiger partial charge in [-0.15, -0.1) is 11.3 Å². The van der Waals surface area contributed by atoms with Gasteiger partial charge < -0.3 is 10.1 Å². The minimum atomic E-state index is -0.358. The number of esters is 1. The van der Waals surface area contributed by atoms with Crippen LogP contribution in [0.3, 0.4) is 0 Å². The van der Waals surface area contributed by atoms with Crippen molar-refractivity contribution in [1.29, 1.82) is 0 Å². The lowest BCUT2D eigenvalue weighted by molar-refractivity contribution is 0.0335. The van der Waals surface area contributed by atoms with Crippen LogP contribution in [0.5, 0.6) is 0 Å². The highest BCUT2D eigenvalue weighted by Crippen LogP contribution is 2.39. The molecule has 0 saturated carbocycles. The van der Waals surface area contributed by atoms with E-state index in [9.17, 15) is 9.59 Å². The van der Waals surface area contributed by atoms with Crippen molar-refractivity contribution in [3.05, 3.63) is 69.4 Å². The van der Waals surface area contributed by atoms with Crippen molar-refractivity contribution in [3.8, 4) is 5.69 Å². The molecule has 0 saturated heterocycles. The van der Waals surface area contributed by atoms with E-state index in [4.69, 9.17) is 14.8 Å². The minimum absolute atomic E-state index is 0.186. The summed E-state index contributed by atoms with van der Waals surface area (Å²) in [6.07, 6.45) is 4.41. The second-order valence-corrected chi connectivity index (χ2v) is 10.4. The molecule has 0 aliphatic heterocycles. The third-order valence-corrected chi connectivity index (χ3v) is 7.88. The number of benzene rings is 1. The number of hydrogen-bond donors (Lipinski definition) is 1. The highest BCUT2D eigenvalue weighted by molar-refractivity contribution is 7.17. The van der Waals surface area contributed by atoms with Crippen LogP contribution in [0.2, 0.25) is 0 Å². The fourth-order valence-corrected chi connectivity index (χ4v) is 5.98. The summed E-state index contributed by atoms with van der Waals surface area (Å²) in [5, 5.41) is 9.03. The topological polar surface area (TPSA) is 86.1 Å². The van der Waals surface area contributed by atoms with Gasteiger partial charge in [0.2, 0.25) is 0 Å². The molecule has 1 aliphatic carbocycles. The van der Waals surface area contributed by atoms with Gasteiger partial charge in [-0.3, -0.25) is 4.79 Å². The molecule has 5 rings (SSSR count). The molecule has 1 aromatic carbocycles. The number of aryl methyl sites for hydroxylation is 3. The summed E-state index contributed by atoms with van der Waals surface area (Å²) in [5.41, 5.74) is 4.97. The number of rotatable bonds is 6. The molecular weight excluding hydrogens is 472 g/mol. The first kappa shape index (κ1) is 24.2. The van der Waals surface area contributed by atoms with E-state index in [-0.39, 0.29) is 18.0 Å². The molecule has 0 radical (unpaired) electrons. The van der Waals surface area contributed by atoms with E-state index < -0.39 is 0 Å². The first-order valence-electron chi connectivity index (χ1n) is 12.5. The second-order valence-electron chi connectivity index (χ2n) is 9.34. The fourth-order valence-electron chi connectivity index (χ4n) is 4.71. The zero-order valence-corrected chi connectivity index (χ0v) is 21.9. The number of thiophene rings is 1. The summed E-state index contributed by atoms with van der Waals surface area (Å²) in [6, 6.07) is 11.5. The SMILES string of the molecule is CC[C@H](C)OC(=O)c1c(NC(=O)c2cc(C)nc3c2c(C)nn3-c2ccccc2)sc2c1CCCC2. The van der Waals surface area contributed by atoms with Crippen LogP contribution >= 0.6 is 11.3 Å². The zero-order valence-electron chi connectivity index (χ0n) is 21.1. The summed E-state index contributed by atoms with van der Waals surface area (Å²) in [7, 11) is 0. The van der Waals surface area contributed by atoms with E-state index in [1.165, 1.54) is 11.3 Å². The van der Waals surface area contributed by atoms with Gasteiger partial charge in [-0.05, 0) is 76.6 Å². The normalized spacial score (nSPS) is 13.9. The Hall–Kier alpha value is -3.52. The lowest BCUT2D eigenvalue weighted by Gasteiger charge is -2.15. The number of aromatic nitrogens is 3. The maximum absolute atomic E-state index is 13.7. The van der Waals surface area contributed by atoms with Crippen molar-refractivity contribution in [3.63, 3.8) is 0 Å². The number of carbonyl (C=O) groups is 2. The van der Waals surface area contributed by atoms with Crippen LogP contribution < -0.4 is 5.32 Å². The number of nitrogens with zero attached hydrogens (tertiary/aromatic N) is 3. The van der Waals surface area contributed by atoms with Crippen molar-refractivity contribution in [2.24, 2.45) is 0 Å². The Morgan fingerprint density at radius 2 is 1.92 bits per heavy atom. The number of carbonyl (C=O) groups excluding carboxylic acids is 2. The second kappa shape index (κ2) is 9.85. The average Bonchev–Trinajstić information content (AvgIpc) is 3.40. The van der Waals surface area contributed by atoms with Gasteiger partial charge in [0, 0.05) is 10.6 Å². The molecule has 8 heteroatoms. The number of nitrogens with one attached hydrogen (secondary N) is 1. The summed E-state index contributed by atoms with van der Waals surface area (Å²) in [5.74, 6) is -0.638. The van der Waals surface area contributed by atoms with Crippen LogP contribution in [-0.2, 0) is 17.6 Å². The van der Waals surface area contributed by atoms with E-state index in [2.05, 4.69) is 5.32 Å². The predicted octanol–water partition coefficient (Wildman–Crippen LogP) is 6.19. The molecule has 1 amide bonds. The summed E-state index contributed by atoms with van der Waals surface area (Å²) < 4.78 is 7.46. The Balaban J connectivity index is 1.56. The molecule has 1 N–H and O–H groups in total. The molecule has 3 aromatic heterocycles. The molecule has 3 heterocycles. The van der Waals surface area contributed by atoms with Crippen LogP contribution in [-0.4, -0.2) is 32.7 Å². The Kier molecular flexibility index (Phi) is 6.62.